The molecule has 0 radical (unpaired) electrons. The summed E-state index contributed by atoms with van der Waals surface area (Å²) >= 11 is 0. The maximum absolute atomic E-state index is 11.8. The molecule has 106 valence electrons. The summed E-state index contributed by atoms with van der Waals surface area (Å²) in [5.41, 5.74) is 1.30. The zero-order chi connectivity index (χ0) is 14.7. The van der Waals surface area contributed by atoms with E-state index < -0.39 is 0 Å². The van der Waals surface area contributed by atoms with Crippen LogP contribution in [0.1, 0.15) is 53.3 Å². The van der Waals surface area contributed by atoms with Gasteiger partial charge < -0.3 is 5.32 Å². The standard InChI is InChI=1S/C15H18N2O3/c1-3-4-5-6-13(18)16-10-7-8-11-12(9-10)15(20)17(2)14(11)19/h7-9H,3-6H2,1-2H3,(H,16,18). The Morgan fingerprint density at radius 1 is 1.15 bits per heavy atom. The van der Waals surface area contributed by atoms with E-state index in [4.69, 9.17) is 0 Å². The van der Waals surface area contributed by atoms with E-state index in [0.717, 1.165) is 24.2 Å². The largest absolute Gasteiger partial charge is 0.326 e. The van der Waals surface area contributed by atoms with Crippen molar-refractivity contribution in [2.75, 3.05) is 12.4 Å². The van der Waals surface area contributed by atoms with Crippen molar-refractivity contribution < 1.29 is 14.4 Å². The molecule has 0 spiro atoms. The highest BCUT2D eigenvalue weighted by atomic mass is 16.2. The monoisotopic (exact) mass is 274 g/mol. The lowest BCUT2D eigenvalue weighted by Gasteiger charge is -2.06. The zero-order valence-corrected chi connectivity index (χ0v) is 11.7. The fourth-order valence-corrected chi connectivity index (χ4v) is 2.20. The third kappa shape index (κ3) is 2.71. The Balaban J connectivity index is 2.07. The number of unbranched alkanes of at least 4 members (excludes halogenated alkanes) is 2. The maximum atomic E-state index is 11.8. The van der Waals surface area contributed by atoms with Crippen LogP contribution in [-0.4, -0.2) is 29.7 Å². The first kappa shape index (κ1) is 14.2. The van der Waals surface area contributed by atoms with Crippen molar-refractivity contribution in [2.24, 2.45) is 0 Å². The summed E-state index contributed by atoms with van der Waals surface area (Å²) in [6.07, 6.45) is 3.41. The van der Waals surface area contributed by atoms with E-state index in [0.29, 0.717) is 23.2 Å². The number of fused-ring (bicyclic) bond motifs is 1. The molecular weight excluding hydrogens is 256 g/mol. The summed E-state index contributed by atoms with van der Waals surface area (Å²) in [6.45, 7) is 2.08. The van der Waals surface area contributed by atoms with Gasteiger partial charge >= 0.3 is 0 Å². The number of hydrogen-bond acceptors (Lipinski definition) is 3. The molecule has 1 heterocycles. The summed E-state index contributed by atoms with van der Waals surface area (Å²) in [5, 5.41) is 2.76. The lowest BCUT2D eigenvalue weighted by Crippen LogP contribution is -2.24. The van der Waals surface area contributed by atoms with Crippen molar-refractivity contribution in [3.8, 4) is 0 Å². The van der Waals surface area contributed by atoms with Gasteiger partial charge in [0, 0.05) is 19.2 Å². The van der Waals surface area contributed by atoms with Crippen LogP contribution in [0.3, 0.4) is 0 Å². The van der Waals surface area contributed by atoms with Crippen LogP contribution in [0.4, 0.5) is 5.69 Å². The second-order valence-corrected chi connectivity index (χ2v) is 4.93. The molecule has 3 amide bonds. The number of nitrogens with one attached hydrogen (secondary N) is 1. The van der Waals surface area contributed by atoms with Crippen molar-refractivity contribution in [1.29, 1.82) is 0 Å². The van der Waals surface area contributed by atoms with Crippen molar-refractivity contribution >= 4 is 23.4 Å². The zero-order valence-electron chi connectivity index (χ0n) is 11.7. The fraction of sp³-hybridized carbons (Fsp3) is 0.400. The van der Waals surface area contributed by atoms with E-state index in [2.05, 4.69) is 12.2 Å². The van der Waals surface area contributed by atoms with E-state index in [1.54, 1.807) is 18.2 Å². The van der Waals surface area contributed by atoms with Crippen molar-refractivity contribution in [2.45, 2.75) is 32.6 Å². The molecule has 0 saturated heterocycles. The Morgan fingerprint density at radius 2 is 1.85 bits per heavy atom. The highest BCUT2D eigenvalue weighted by Crippen LogP contribution is 2.24. The number of carbonyl (C=O) groups is 3. The summed E-state index contributed by atoms with van der Waals surface area (Å²) in [5.74, 6) is -0.693. The summed E-state index contributed by atoms with van der Waals surface area (Å²) in [6, 6.07) is 4.80. The van der Waals surface area contributed by atoms with Crippen LogP contribution in [0.2, 0.25) is 0 Å². The predicted octanol–water partition coefficient (Wildman–Crippen LogP) is 2.43. The minimum absolute atomic E-state index is 0.0662. The Hall–Kier alpha value is -2.17. The molecule has 5 nitrogen and oxygen atoms in total. The molecule has 1 aliphatic rings. The summed E-state index contributed by atoms with van der Waals surface area (Å²) in [4.78, 5) is 36.4. The van der Waals surface area contributed by atoms with Gasteiger partial charge in [0.15, 0.2) is 0 Å². The second kappa shape index (κ2) is 5.86. The molecule has 1 aromatic carbocycles. The minimum Gasteiger partial charge on any atom is -0.326 e. The maximum Gasteiger partial charge on any atom is 0.261 e. The van der Waals surface area contributed by atoms with Crippen LogP contribution < -0.4 is 5.32 Å². The Bertz CT molecular complexity index is 566. The highest BCUT2D eigenvalue weighted by molar-refractivity contribution is 6.21. The van der Waals surface area contributed by atoms with Crippen LogP contribution in [0.15, 0.2) is 18.2 Å². The molecule has 2 rings (SSSR count). The molecule has 0 unspecified atom stereocenters. The number of imide groups is 1. The third-order valence-electron chi connectivity index (χ3n) is 3.38. The molecule has 0 saturated carbocycles. The Labute approximate surface area is 118 Å². The van der Waals surface area contributed by atoms with Gasteiger partial charge in [-0.1, -0.05) is 19.8 Å². The van der Waals surface area contributed by atoms with Gasteiger partial charge in [0.05, 0.1) is 11.1 Å². The summed E-state index contributed by atoms with van der Waals surface area (Å²) < 4.78 is 0. The number of hydrogen-bond donors (Lipinski definition) is 1. The van der Waals surface area contributed by atoms with Crippen LogP contribution in [-0.2, 0) is 4.79 Å². The average Bonchev–Trinajstić information content (AvgIpc) is 2.64. The van der Waals surface area contributed by atoms with Gasteiger partial charge in [-0.25, -0.2) is 0 Å². The molecule has 0 aliphatic carbocycles. The molecule has 20 heavy (non-hydrogen) atoms. The van der Waals surface area contributed by atoms with Crippen LogP contribution in [0.25, 0.3) is 0 Å². The topological polar surface area (TPSA) is 66.5 Å². The van der Waals surface area contributed by atoms with E-state index in [1.165, 1.54) is 7.05 Å². The second-order valence-electron chi connectivity index (χ2n) is 4.93. The minimum atomic E-state index is -0.327. The van der Waals surface area contributed by atoms with Gasteiger partial charge in [0.25, 0.3) is 11.8 Å². The molecule has 0 bridgehead atoms. The number of amides is 3. The molecule has 0 aromatic heterocycles. The first-order valence-corrected chi connectivity index (χ1v) is 6.81. The number of anilines is 1. The Morgan fingerprint density at radius 3 is 2.55 bits per heavy atom. The van der Waals surface area contributed by atoms with Gasteiger partial charge in [0.2, 0.25) is 5.91 Å². The molecule has 0 fully saturated rings. The number of carbonyl (C=O) groups excluding carboxylic acids is 3. The van der Waals surface area contributed by atoms with Gasteiger partial charge in [-0.3, -0.25) is 19.3 Å². The van der Waals surface area contributed by atoms with Crippen LogP contribution in [0, 0.1) is 0 Å². The van der Waals surface area contributed by atoms with Gasteiger partial charge in [0.1, 0.15) is 0 Å². The number of nitrogens with zero attached hydrogens (tertiary/aromatic N) is 1. The normalized spacial score (nSPS) is 13.6. The number of rotatable bonds is 5. The van der Waals surface area contributed by atoms with E-state index >= 15 is 0 Å². The van der Waals surface area contributed by atoms with Gasteiger partial charge in [-0.15, -0.1) is 0 Å². The third-order valence-corrected chi connectivity index (χ3v) is 3.38. The van der Waals surface area contributed by atoms with Gasteiger partial charge in [-0.2, -0.15) is 0 Å². The molecule has 5 heteroatoms. The predicted molar refractivity (Wildman–Crippen MR) is 75.6 cm³/mol. The molecule has 0 atom stereocenters. The van der Waals surface area contributed by atoms with Crippen molar-refractivity contribution in [3.63, 3.8) is 0 Å². The first-order chi connectivity index (χ1) is 9.54. The van der Waals surface area contributed by atoms with Crippen molar-refractivity contribution in [3.05, 3.63) is 29.3 Å². The van der Waals surface area contributed by atoms with Crippen LogP contribution in [0.5, 0.6) is 0 Å². The van der Waals surface area contributed by atoms with Crippen molar-refractivity contribution in [1.82, 2.24) is 4.90 Å². The Kier molecular flexibility index (Phi) is 4.17. The van der Waals surface area contributed by atoms with Gasteiger partial charge in [-0.05, 0) is 24.6 Å². The first-order valence-electron chi connectivity index (χ1n) is 6.81. The SMILES string of the molecule is CCCCCC(=O)Nc1ccc2c(c1)C(=O)N(C)C2=O. The van der Waals surface area contributed by atoms with E-state index in [9.17, 15) is 14.4 Å². The number of benzene rings is 1. The summed E-state index contributed by atoms with van der Waals surface area (Å²) in [7, 11) is 1.45. The lowest BCUT2D eigenvalue weighted by molar-refractivity contribution is -0.116. The lowest BCUT2D eigenvalue weighted by atomic mass is 10.1. The molecule has 1 aromatic rings. The smallest absolute Gasteiger partial charge is 0.261 e. The van der Waals surface area contributed by atoms with E-state index in [-0.39, 0.29) is 17.7 Å². The van der Waals surface area contributed by atoms with Crippen LogP contribution >= 0.6 is 0 Å². The fourth-order valence-electron chi connectivity index (χ4n) is 2.20. The molecular formula is C15H18N2O3. The highest BCUT2D eigenvalue weighted by Gasteiger charge is 2.32. The average molecular weight is 274 g/mol. The van der Waals surface area contributed by atoms with E-state index in [1.807, 2.05) is 0 Å². The molecule has 1 aliphatic heterocycles. The quantitative estimate of drug-likeness (QED) is 0.662. The molecule has 1 N–H and O–H groups in total.